The fourth-order valence-electron chi connectivity index (χ4n) is 1.37. The molecule has 0 aliphatic carbocycles. The molecule has 1 aromatic carbocycles. The highest BCUT2D eigenvalue weighted by Gasteiger charge is 2.18. The van der Waals surface area contributed by atoms with Gasteiger partial charge < -0.3 is 9.47 Å². The number of hydrogen-bond donors (Lipinski definition) is 0. The second-order valence-electron chi connectivity index (χ2n) is 3.14. The third-order valence-corrected chi connectivity index (χ3v) is 2.15. The number of carbonyl (C=O) groups excluding carboxylic acids is 2. The number of carbonyl (C=O) groups is 2. The Labute approximate surface area is 91.2 Å². The minimum Gasteiger partial charge on any atom is -0.458 e. The van der Waals surface area contributed by atoms with Crippen molar-refractivity contribution >= 4 is 11.9 Å². The summed E-state index contributed by atoms with van der Waals surface area (Å²) in [6, 6.07) is 6.00. The van der Waals surface area contributed by atoms with E-state index in [0.29, 0.717) is 0 Å². The van der Waals surface area contributed by atoms with E-state index in [1.807, 2.05) is 6.07 Å². The molecule has 0 N–H and O–H groups in total. The highest BCUT2D eigenvalue weighted by molar-refractivity contribution is 5.96. The number of ether oxygens (including phenoxy) is 2. The van der Waals surface area contributed by atoms with Gasteiger partial charge in [0.1, 0.15) is 19.3 Å². The van der Waals surface area contributed by atoms with Gasteiger partial charge in [-0.05, 0) is 18.2 Å². The summed E-state index contributed by atoms with van der Waals surface area (Å²) >= 11 is 0. The molecule has 0 fully saturated rings. The number of fused-ring (bicyclic) bond motifs is 7. The number of hydrogen-bond acceptors (Lipinski definition) is 5. The molecule has 3 rings (SSSR count). The topological polar surface area (TPSA) is 76.4 Å². The van der Waals surface area contributed by atoms with Crippen molar-refractivity contribution in [3.63, 3.8) is 0 Å². The summed E-state index contributed by atoms with van der Waals surface area (Å²) in [7, 11) is 0. The number of nitrogens with zero attached hydrogens (tertiary/aromatic N) is 1. The third-order valence-electron chi connectivity index (χ3n) is 2.15. The number of nitriles is 1. The number of rotatable bonds is 0. The molecule has 2 aliphatic rings. The average molecular weight is 217 g/mol. The van der Waals surface area contributed by atoms with E-state index in [2.05, 4.69) is 0 Å². The van der Waals surface area contributed by atoms with Gasteiger partial charge in [-0.1, -0.05) is 0 Å². The Bertz CT molecular complexity index is 501. The molecule has 0 atom stereocenters. The van der Waals surface area contributed by atoms with Crippen LogP contribution in [0.25, 0.3) is 0 Å². The van der Waals surface area contributed by atoms with Gasteiger partial charge in [-0.2, -0.15) is 5.26 Å². The monoisotopic (exact) mass is 217 g/mol. The maximum Gasteiger partial charge on any atom is 0.339 e. The summed E-state index contributed by atoms with van der Waals surface area (Å²) in [6.45, 7) is 0.0127. The first-order valence-corrected chi connectivity index (χ1v) is 4.61. The first-order valence-electron chi connectivity index (χ1n) is 4.61. The molecule has 0 spiro atoms. The van der Waals surface area contributed by atoms with Crippen LogP contribution in [0.3, 0.4) is 0 Å². The standard InChI is InChI=1S/C11H7NO4/c12-6-8-5-7-1-2-9(8)11(14)16-4-3-15-10(7)13/h1-2,5H,3-4H2. The van der Waals surface area contributed by atoms with E-state index in [1.165, 1.54) is 18.2 Å². The van der Waals surface area contributed by atoms with Crippen LogP contribution >= 0.6 is 0 Å². The summed E-state index contributed by atoms with van der Waals surface area (Å²) in [6.07, 6.45) is 0. The largest absolute Gasteiger partial charge is 0.458 e. The van der Waals surface area contributed by atoms with E-state index in [4.69, 9.17) is 14.7 Å². The average Bonchev–Trinajstić information content (AvgIpc) is 2.32. The highest BCUT2D eigenvalue weighted by atomic mass is 16.6. The predicted molar refractivity (Wildman–Crippen MR) is 51.7 cm³/mol. The first-order chi connectivity index (χ1) is 7.72. The van der Waals surface area contributed by atoms with Gasteiger partial charge in [0.05, 0.1) is 16.7 Å². The Morgan fingerprint density at radius 1 is 1.12 bits per heavy atom. The van der Waals surface area contributed by atoms with Crippen LogP contribution < -0.4 is 0 Å². The van der Waals surface area contributed by atoms with E-state index >= 15 is 0 Å². The Hall–Kier alpha value is -2.35. The molecule has 5 nitrogen and oxygen atoms in total. The van der Waals surface area contributed by atoms with Crippen LogP contribution in [0.5, 0.6) is 0 Å². The number of benzene rings is 1. The van der Waals surface area contributed by atoms with E-state index in [9.17, 15) is 9.59 Å². The summed E-state index contributed by atoms with van der Waals surface area (Å²) in [4.78, 5) is 22.9. The lowest BCUT2D eigenvalue weighted by molar-refractivity contribution is 0.0260. The normalized spacial score (nSPS) is 14.9. The Morgan fingerprint density at radius 2 is 1.81 bits per heavy atom. The molecule has 5 heteroatoms. The molecule has 80 valence electrons. The molecule has 0 amide bonds. The van der Waals surface area contributed by atoms with Crippen molar-refractivity contribution in [2.24, 2.45) is 0 Å². The van der Waals surface area contributed by atoms with Crippen molar-refractivity contribution in [2.75, 3.05) is 13.2 Å². The van der Waals surface area contributed by atoms with Gasteiger partial charge in [0.2, 0.25) is 0 Å². The van der Waals surface area contributed by atoms with Crippen molar-refractivity contribution in [3.05, 3.63) is 34.9 Å². The van der Waals surface area contributed by atoms with E-state index in [1.54, 1.807) is 0 Å². The number of esters is 2. The van der Waals surface area contributed by atoms with Crippen molar-refractivity contribution in [1.82, 2.24) is 0 Å². The Morgan fingerprint density at radius 3 is 2.50 bits per heavy atom. The Kier molecular flexibility index (Phi) is 2.56. The van der Waals surface area contributed by atoms with Crippen molar-refractivity contribution < 1.29 is 19.1 Å². The van der Waals surface area contributed by atoms with Crippen LogP contribution in [-0.2, 0) is 9.47 Å². The molecule has 0 radical (unpaired) electrons. The van der Waals surface area contributed by atoms with Gasteiger partial charge in [0.25, 0.3) is 0 Å². The van der Waals surface area contributed by atoms with Crippen LogP contribution in [0.2, 0.25) is 0 Å². The van der Waals surface area contributed by atoms with Crippen LogP contribution in [0.4, 0.5) is 0 Å². The lowest BCUT2D eigenvalue weighted by Gasteiger charge is -2.11. The Balaban J connectivity index is 2.56. The second-order valence-corrected chi connectivity index (χ2v) is 3.14. The lowest BCUT2D eigenvalue weighted by Crippen LogP contribution is -2.17. The molecule has 2 aliphatic heterocycles. The van der Waals surface area contributed by atoms with Crippen LogP contribution in [-0.4, -0.2) is 25.2 Å². The van der Waals surface area contributed by atoms with Gasteiger partial charge in [-0.3, -0.25) is 0 Å². The first kappa shape index (κ1) is 10.2. The minimum atomic E-state index is -0.582. The van der Waals surface area contributed by atoms with Crippen molar-refractivity contribution in [3.8, 4) is 6.07 Å². The van der Waals surface area contributed by atoms with Gasteiger partial charge >= 0.3 is 11.9 Å². The van der Waals surface area contributed by atoms with Crippen LogP contribution in [0.1, 0.15) is 26.3 Å². The summed E-state index contributed by atoms with van der Waals surface area (Å²) in [5.74, 6) is -1.11. The fraction of sp³-hybridized carbons (Fsp3) is 0.182. The second kappa shape index (κ2) is 4.03. The molecule has 0 aromatic heterocycles. The summed E-state index contributed by atoms with van der Waals surface area (Å²) in [5, 5.41) is 8.85. The SMILES string of the molecule is N#Cc1cc2ccc1C(=O)OCCOC2=O. The maximum atomic E-state index is 11.5. The van der Waals surface area contributed by atoms with Gasteiger partial charge in [0, 0.05) is 0 Å². The predicted octanol–water partition coefficient (Wildman–Crippen LogP) is 0.885. The molecule has 0 saturated carbocycles. The van der Waals surface area contributed by atoms with Gasteiger partial charge in [-0.15, -0.1) is 0 Å². The van der Waals surface area contributed by atoms with Crippen molar-refractivity contribution in [2.45, 2.75) is 0 Å². The smallest absolute Gasteiger partial charge is 0.339 e. The molecule has 2 bridgehead atoms. The molecule has 16 heavy (non-hydrogen) atoms. The summed E-state index contributed by atoms with van der Waals surface area (Å²) in [5.41, 5.74) is 0.539. The van der Waals surface area contributed by atoms with Gasteiger partial charge in [-0.25, -0.2) is 9.59 Å². The molecule has 1 aromatic rings. The van der Waals surface area contributed by atoms with E-state index in [-0.39, 0.29) is 29.9 Å². The third kappa shape index (κ3) is 1.73. The zero-order valence-electron chi connectivity index (χ0n) is 8.23. The molecule has 0 unspecified atom stereocenters. The van der Waals surface area contributed by atoms with Crippen LogP contribution in [0, 0.1) is 11.3 Å². The maximum absolute atomic E-state index is 11.5. The zero-order valence-corrected chi connectivity index (χ0v) is 8.23. The van der Waals surface area contributed by atoms with Crippen LogP contribution in [0.15, 0.2) is 18.2 Å². The zero-order chi connectivity index (χ0) is 11.5. The fourth-order valence-corrected chi connectivity index (χ4v) is 1.37. The van der Waals surface area contributed by atoms with Gasteiger partial charge in [0.15, 0.2) is 0 Å². The molecule has 0 saturated heterocycles. The lowest BCUT2D eigenvalue weighted by atomic mass is 10.0. The van der Waals surface area contributed by atoms with E-state index in [0.717, 1.165) is 0 Å². The van der Waals surface area contributed by atoms with E-state index < -0.39 is 11.9 Å². The summed E-state index contributed by atoms with van der Waals surface area (Å²) < 4.78 is 9.64. The highest BCUT2D eigenvalue weighted by Crippen LogP contribution is 2.15. The molecule has 2 heterocycles. The quantitative estimate of drug-likeness (QED) is 0.603. The molecular weight excluding hydrogens is 210 g/mol. The molecular formula is C11H7NO4. The minimum absolute atomic E-state index is 0.00605. The van der Waals surface area contributed by atoms with Crippen molar-refractivity contribution in [1.29, 1.82) is 5.26 Å².